The Morgan fingerprint density at radius 3 is 2.17 bits per heavy atom. The maximum absolute atomic E-state index is 10.3. The van der Waals surface area contributed by atoms with Crippen molar-refractivity contribution >= 4 is 0 Å². The number of aliphatic hydroxyl groups is 1. The van der Waals surface area contributed by atoms with E-state index in [1.165, 1.54) is 5.56 Å². The predicted octanol–water partition coefficient (Wildman–Crippen LogP) is 3.40. The molecule has 0 radical (unpaired) electrons. The largest absolute Gasteiger partial charge is 0.387 e. The fourth-order valence-corrected chi connectivity index (χ4v) is 2.18. The summed E-state index contributed by atoms with van der Waals surface area (Å²) in [5.74, 6) is 0. The van der Waals surface area contributed by atoms with Gasteiger partial charge in [-0.1, -0.05) is 45.0 Å². The molecular formula is C16H27NO. The van der Waals surface area contributed by atoms with E-state index in [-0.39, 0.29) is 6.10 Å². The van der Waals surface area contributed by atoms with Gasteiger partial charge in [-0.3, -0.25) is 4.90 Å². The second-order valence-electron chi connectivity index (χ2n) is 4.96. The Morgan fingerprint density at radius 2 is 1.72 bits per heavy atom. The van der Waals surface area contributed by atoms with Crippen molar-refractivity contribution in [3.63, 3.8) is 0 Å². The van der Waals surface area contributed by atoms with Crippen LogP contribution < -0.4 is 0 Å². The fraction of sp³-hybridized carbons (Fsp3) is 0.625. The third kappa shape index (κ3) is 4.11. The molecule has 102 valence electrons. The van der Waals surface area contributed by atoms with E-state index < -0.39 is 0 Å². The first-order valence-corrected chi connectivity index (χ1v) is 7.13. The van der Waals surface area contributed by atoms with Crippen LogP contribution in [-0.4, -0.2) is 29.1 Å². The SMILES string of the molecule is CCc1ccc(C(O)CN(CC)C(C)CC)cc1. The molecule has 0 fully saturated rings. The van der Waals surface area contributed by atoms with Crippen LogP contribution in [0.3, 0.4) is 0 Å². The summed E-state index contributed by atoms with van der Waals surface area (Å²) in [5, 5.41) is 10.3. The van der Waals surface area contributed by atoms with Crippen molar-refractivity contribution in [2.24, 2.45) is 0 Å². The van der Waals surface area contributed by atoms with E-state index in [4.69, 9.17) is 0 Å². The Bertz CT molecular complexity index is 333. The van der Waals surface area contributed by atoms with Gasteiger partial charge in [0.15, 0.2) is 0 Å². The summed E-state index contributed by atoms with van der Waals surface area (Å²) in [6, 6.07) is 8.84. The van der Waals surface area contributed by atoms with E-state index in [0.29, 0.717) is 6.04 Å². The van der Waals surface area contributed by atoms with E-state index in [1.54, 1.807) is 0 Å². The van der Waals surface area contributed by atoms with Gasteiger partial charge in [0.2, 0.25) is 0 Å². The van der Waals surface area contributed by atoms with Gasteiger partial charge in [0.25, 0.3) is 0 Å². The Balaban J connectivity index is 2.65. The van der Waals surface area contributed by atoms with E-state index in [0.717, 1.165) is 31.5 Å². The van der Waals surface area contributed by atoms with Gasteiger partial charge in [0, 0.05) is 12.6 Å². The molecule has 1 aromatic rings. The molecule has 0 aliphatic rings. The molecule has 0 bridgehead atoms. The molecule has 2 unspecified atom stereocenters. The van der Waals surface area contributed by atoms with E-state index in [1.807, 2.05) is 12.1 Å². The summed E-state index contributed by atoms with van der Waals surface area (Å²) in [4.78, 5) is 2.33. The molecule has 1 rings (SSSR count). The highest BCUT2D eigenvalue weighted by atomic mass is 16.3. The number of rotatable bonds is 7. The van der Waals surface area contributed by atoms with Crippen LogP contribution in [0.15, 0.2) is 24.3 Å². The molecule has 1 N–H and O–H groups in total. The minimum absolute atomic E-state index is 0.384. The number of nitrogens with zero attached hydrogens (tertiary/aromatic N) is 1. The van der Waals surface area contributed by atoms with Crippen LogP contribution in [0.1, 0.15) is 51.3 Å². The number of aliphatic hydroxyl groups excluding tert-OH is 1. The van der Waals surface area contributed by atoms with E-state index >= 15 is 0 Å². The van der Waals surface area contributed by atoms with Crippen molar-refractivity contribution in [3.8, 4) is 0 Å². The van der Waals surface area contributed by atoms with Crippen molar-refractivity contribution in [3.05, 3.63) is 35.4 Å². The number of likely N-dealkylation sites (N-methyl/N-ethyl adjacent to an activating group) is 1. The molecule has 18 heavy (non-hydrogen) atoms. The standard InChI is InChI=1S/C16H27NO/c1-5-13(4)17(7-3)12-16(18)15-10-8-14(6-2)9-11-15/h8-11,13,16,18H,5-7,12H2,1-4H3. The van der Waals surface area contributed by atoms with Crippen LogP contribution >= 0.6 is 0 Å². The second kappa shape index (κ2) is 7.55. The van der Waals surface area contributed by atoms with Crippen LogP contribution in [0.2, 0.25) is 0 Å². The minimum Gasteiger partial charge on any atom is -0.387 e. The molecule has 0 aliphatic heterocycles. The number of aryl methyl sites for hydroxylation is 1. The maximum Gasteiger partial charge on any atom is 0.0917 e. The normalized spacial score (nSPS) is 14.8. The van der Waals surface area contributed by atoms with Crippen molar-refractivity contribution < 1.29 is 5.11 Å². The third-order valence-corrected chi connectivity index (χ3v) is 3.80. The predicted molar refractivity (Wildman–Crippen MR) is 77.8 cm³/mol. The number of hydrogen-bond acceptors (Lipinski definition) is 2. The van der Waals surface area contributed by atoms with Crippen LogP contribution in [-0.2, 0) is 6.42 Å². The van der Waals surface area contributed by atoms with E-state index in [9.17, 15) is 5.11 Å². The van der Waals surface area contributed by atoms with E-state index in [2.05, 4.69) is 44.7 Å². The van der Waals surface area contributed by atoms with Gasteiger partial charge in [-0.05, 0) is 37.4 Å². The zero-order chi connectivity index (χ0) is 13.5. The average molecular weight is 249 g/mol. The number of hydrogen-bond donors (Lipinski definition) is 1. The second-order valence-corrected chi connectivity index (χ2v) is 4.96. The first-order chi connectivity index (χ1) is 8.62. The van der Waals surface area contributed by atoms with Gasteiger partial charge in [0.1, 0.15) is 0 Å². The smallest absolute Gasteiger partial charge is 0.0917 e. The quantitative estimate of drug-likeness (QED) is 0.800. The van der Waals surface area contributed by atoms with Crippen LogP contribution in [0.4, 0.5) is 0 Å². The van der Waals surface area contributed by atoms with Crippen LogP contribution in [0.25, 0.3) is 0 Å². The first-order valence-electron chi connectivity index (χ1n) is 7.13. The third-order valence-electron chi connectivity index (χ3n) is 3.80. The highest BCUT2D eigenvalue weighted by Gasteiger charge is 2.16. The summed E-state index contributed by atoms with van der Waals surface area (Å²) in [7, 11) is 0. The Hall–Kier alpha value is -0.860. The van der Waals surface area contributed by atoms with Crippen molar-refractivity contribution in [2.45, 2.75) is 52.7 Å². The summed E-state index contributed by atoms with van der Waals surface area (Å²) in [6.07, 6.45) is 1.78. The molecule has 0 amide bonds. The fourth-order valence-electron chi connectivity index (χ4n) is 2.18. The van der Waals surface area contributed by atoms with Crippen molar-refractivity contribution in [1.29, 1.82) is 0 Å². The number of benzene rings is 1. The summed E-state index contributed by atoms with van der Waals surface area (Å²) >= 11 is 0. The van der Waals surface area contributed by atoms with Gasteiger partial charge in [-0.15, -0.1) is 0 Å². The van der Waals surface area contributed by atoms with Gasteiger partial charge in [-0.25, -0.2) is 0 Å². The molecule has 0 spiro atoms. The Morgan fingerprint density at radius 1 is 1.11 bits per heavy atom. The monoisotopic (exact) mass is 249 g/mol. The lowest BCUT2D eigenvalue weighted by atomic mass is 10.0. The molecule has 0 aliphatic carbocycles. The average Bonchev–Trinajstić information content (AvgIpc) is 2.43. The lowest BCUT2D eigenvalue weighted by Gasteiger charge is -2.29. The van der Waals surface area contributed by atoms with Gasteiger partial charge in [0.05, 0.1) is 6.10 Å². The first kappa shape index (κ1) is 15.2. The van der Waals surface area contributed by atoms with Crippen molar-refractivity contribution in [2.75, 3.05) is 13.1 Å². The highest BCUT2D eigenvalue weighted by Crippen LogP contribution is 2.17. The molecule has 0 saturated carbocycles. The Kier molecular flexibility index (Phi) is 6.37. The molecule has 2 nitrogen and oxygen atoms in total. The lowest BCUT2D eigenvalue weighted by Crippen LogP contribution is -2.35. The summed E-state index contributed by atoms with van der Waals surface area (Å²) in [6.45, 7) is 10.4. The molecule has 1 aromatic carbocycles. The maximum atomic E-state index is 10.3. The Labute approximate surface area is 112 Å². The zero-order valence-electron chi connectivity index (χ0n) is 12.2. The van der Waals surface area contributed by atoms with Gasteiger partial charge in [-0.2, -0.15) is 0 Å². The van der Waals surface area contributed by atoms with Crippen LogP contribution in [0.5, 0.6) is 0 Å². The molecular weight excluding hydrogens is 222 g/mol. The topological polar surface area (TPSA) is 23.5 Å². The molecule has 0 saturated heterocycles. The molecule has 0 heterocycles. The van der Waals surface area contributed by atoms with Gasteiger partial charge >= 0.3 is 0 Å². The summed E-state index contributed by atoms with van der Waals surface area (Å²) < 4.78 is 0. The highest BCUT2D eigenvalue weighted by molar-refractivity contribution is 5.24. The molecule has 0 aromatic heterocycles. The summed E-state index contributed by atoms with van der Waals surface area (Å²) in [5.41, 5.74) is 2.34. The minimum atomic E-state index is -0.384. The van der Waals surface area contributed by atoms with Gasteiger partial charge < -0.3 is 5.11 Å². The van der Waals surface area contributed by atoms with Crippen molar-refractivity contribution in [1.82, 2.24) is 4.90 Å². The van der Waals surface area contributed by atoms with Crippen LogP contribution in [0, 0.1) is 0 Å². The molecule has 2 atom stereocenters. The zero-order valence-corrected chi connectivity index (χ0v) is 12.2. The molecule has 2 heteroatoms. The lowest BCUT2D eigenvalue weighted by molar-refractivity contribution is 0.0935.